The van der Waals surface area contributed by atoms with E-state index in [1.165, 1.54) is 0 Å². The van der Waals surface area contributed by atoms with Gasteiger partial charge < -0.3 is 10.6 Å². The number of nitrogens with two attached hydrogens (primary N) is 1. The summed E-state index contributed by atoms with van der Waals surface area (Å²) in [4.78, 5) is 14.1. The third-order valence-corrected chi connectivity index (χ3v) is 3.85. The molecule has 0 spiro atoms. The summed E-state index contributed by atoms with van der Waals surface area (Å²) in [6, 6.07) is 7.83. The largest absolute Gasteiger partial charge is 0.338 e. The van der Waals surface area contributed by atoms with Crippen LogP contribution in [0.1, 0.15) is 29.3 Å². The number of rotatable bonds is 6. The van der Waals surface area contributed by atoms with Gasteiger partial charge in [-0.1, -0.05) is 19.1 Å². The van der Waals surface area contributed by atoms with Crippen molar-refractivity contribution in [1.29, 1.82) is 0 Å². The fraction of sp³-hybridized carbons (Fsp3) is 0.500. The smallest absolute Gasteiger partial charge is 0.253 e. The monoisotopic (exact) mass is 266 g/mol. The molecule has 3 nitrogen and oxygen atoms in total. The molecule has 0 saturated heterocycles. The van der Waals surface area contributed by atoms with Crippen LogP contribution in [0.15, 0.2) is 24.3 Å². The lowest BCUT2D eigenvalue weighted by molar-refractivity contribution is 0.0743. The maximum absolute atomic E-state index is 12.3. The predicted molar refractivity (Wildman–Crippen MR) is 78.9 cm³/mol. The van der Waals surface area contributed by atoms with Crippen LogP contribution in [0.2, 0.25) is 0 Å². The van der Waals surface area contributed by atoms with Gasteiger partial charge in [-0.15, -0.1) is 0 Å². The molecule has 1 rings (SSSR count). The molecule has 0 heterocycles. The minimum atomic E-state index is 0.0828. The van der Waals surface area contributed by atoms with Crippen LogP contribution in [0.25, 0.3) is 0 Å². The molecule has 100 valence electrons. The first-order chi connectivity index (χ1) is 8.63. The van der Waals surface area contributed by atoms with E-state index in [2.05, 4.69) is 13.2 Å². The van der Waals surface area contributed by atoms with Crippen molar-refractivity contribution in [3.63, 3.8) is 0 Å². The van der Waals surface area contributed by atoms with E-state index >= 15 is 0 Å². The number of nitrogens with zero attached hydrogens (tertiary/aromatic N) is 1. The average Bonchev–Trinajstić information content (AvgIpc) is 2.43. The van der Waals surface area contributed by atoms with Gasteiger partial charge in [-0.25, -0.2) is 0 Å². The number of thioether (sulfide) groups is 1. The maximum atomic E-state index is 12.3. The summed E-state index contributed by atoms with van der Waals surface area (Å²) in [5, 5.41) is 0. The molecule has 1 aromatic carbocycles. The van der Waals surface area contributed by atoms with E-state index in [1.807, 2.05) is 36.2 Å². The second kappa shape index (κ2) is 7.44. The Balaban J connectivity index is 2.78. The number of hydrogen-bond donors (Lipinski definition) is 1. The Morgan fingerprint density at radius 2 is 2.00 bits per heavy atom. The minimum Gasteiger partial charge on any atom is -0.338 e. The normalized spacial score (nSPS) is 12.2. The molecule has 0 aromatic heterocycles. The lowest BCUT2D eigenvalue weighted by Crippen LogP contribution is -2.38. The predicted octanol–water partition coefficient (Wildman–Crippen LogP) is 2.36. The van der Waals surface area contributed by atoms with Gasteiger partial charge in [0.05, 0.1) is 0 Å². The van der Waals surface area contributed by atoms with Crippen LogP contribution in [-0.2, 0) is 6.54 Å². The Bertz CT molecular complexity index is 378. The molecule has 0 saturated carbocycles. The van der Waals surface area contributed by atoms with E-state index in [4.69, 9.17) is 5.73 Å². The zero-order valence-corrected chi connectivity index (χ0v) is 12.2. The second-order valence-corrected chi connectivity index (χ2v) is 5.25. The van der Waals surface area contributed by atoms with Crippen molar-refractivity contribution < 1.29 is 4.79 Å². The molecular weight excluding hydrogens is 244 g/mol. The molecule has 1 atom stereocenters. The fourth-order valence-electron chi connectivity index (χ4n) is 1.85. The molecule has 0 aliphatic rings. The van der Waals surface area contributed by atoms with E-state index in [-0.39, 0.29) is 5.91 Å². The molecule has 2 N–H and O–H groups in total. The van der Waals surface area contributed by atoms with Crippen LogP contribution in [-0.4, -0.2) is 35.9 Å². The van der Waals surface area contributed by atoms with E-state index in [0.29, 0.717) is 12.6 Å². The molecular formula is C14H22N2OS. The third-order valence-electron chi connectivity index (χ3n) is 3.13. The van der Waals surface area contributed by atoms with Crippen LogP contribution in [0, 0.1) is 0 Å². The average molecular weight is 266 g/mol. The van der Waals surface area contributed by atoms with Gasteiger partial charge >= 0.3 is 0 Å². The molecule has 0 fully saturated rings. The lowest BCUT2D eigenvalue weighted by Gasteiger charge is -2.26. The molecule has 0 bridgehead atoms. The Kier molecular flexibility index (Phi) is 6.22. The topological polar surface area (TPSA) is 46.3 Å². The molecule has 1 unspecified atom stereocenters. The lowest BCUT2D eigenvalue weighted by atomic mass is 10.1. The van der Waals surface area contributed by atoms with Gasteiger partial charge in [0.25, 0.3) is 5.91 Å². The maximum Gasteiger partial charge on any atom is 0.253 e. The van der Waals surface area contributed by atoms with Gasteiger partial charge in [0, 0.05) is 31.0 Å². The minimum absolute atomic E-state index is 0.0828. The molecule has 0 aliphatic carbocycles. The highest BCUT2D eigenvalue weighted by Crippen LogP contribution is 2.13. The summed E-state index contributed by atoms with van der Waals surface area (Å²) in [6.45, 7) is 2.62. The molecule has 0 radical (unpaired) electrons. The first kappa shape index (κ1) is 15.1. The molecule has 4 heteroatoms. The van der Waals surface area contributed by atoms with Gasteiger partial charge in [-0.2, -0.15) is 11.8 Å². The quantitative estimate of drug-likeness (QED) is 0.860. The Morgan fingerprint density at radius 1 is 1.39 bits per heavy atom. The summed E-state index contributed by atoms with van der Waals surface area (Å²) >= 11 is 1.77. The van der Waals surface area contributed by atoms with E-state index < -0.39 is 0 Å². The van der Waals surface area contributed by atoms with Crippen molar-refractivity contribution in [3.8, 4) is 0 Å². The van der Waals surface area contributed by atoms with Crippen LogP contribution in [0.3, 0.4) is 0 Å². The Morgan fingerprint density at radius 3 is 2.44 bits per heavy atom. The highest BCUT2D eigenvalue weighted by atomic mass is 32.2. The zero-order valence-electron chi connectivity index (χ0n) is 11.3. The Hall–Kier alpha value is -1.00. The van der Waals surface area contributed by atoms with E-state index in [9.17, 15) is 4.79 Å². The van der Waals surface area contributed by atoms with Gasteiger partial charge in [0.1, 0.15) is 0 Å². The number of benzene rings is 1. The number of carbonyl (C=O) groups excluding carboxylic acids is 1. The summed E-state index contributed by atoms with van der Waals surface area (Å²) in [5.74, 6) is 1.05. The van der Waals surface area contributed by atoms with Crippen LogP contribution >= 0.6 is 11.8 Å². The van der Waals surface area contributed by atoms with Crippen molar-refractivity contribution in [2.24, 2.45) is 5.73 Å². The highest BCUT2D eigenvalue weighted by Gasteiger charge is 2.19. The third kappa shape index (κ3) is 3.75. The van der Waals surface area contributed by atoms with Gasteiger partial charge in [0.15, 0.2) is 0 Å². The standard InChI is InChI=1S/C14H22N2OS/c1-4-13(10-18-3)16(2)14(17)12-7-5-11(9-15)6-8-12/h5-8,13H,4,9-10,15H2,1-3H3. The first-order valence-electron chi connectivity index (χ1n) is 6.19. The molecule has 1 amide bonds. The van der Waals surface area contributed by atoms with Crippen molar-refractivity contribution >= 4 is 17.7 Å². The summed E-state index contributed by atoms with van der Waals surface area (Å²) in [6.07, 6.45) is 3.04. The van der Waals surface area contributed by atoms with Gasteiger partial charge in [0.2, 0.25) is 0 Å². The second-order valence-electron chi connectivity index (χ2n) is 4.33. The highest BCUT2D eigenvalue weighted by molar-refractivity contribution is 7.98. The SMILES string of the molecule is CCC(CSC)N(C)C(=O)c1ccc(CN)cc1. The summed E-state index contributed by atoms with van der Waals surface area (Å²) in [5.41, 5.74) is 7.32. The molecule has 0 aliphatic heterocycles. The fourth-order valence-corrected chi connectivity index (χ4v) is 2.69. The van der Waals surface area contributed by atoms with E-state index in [1.54, 1.807) is 11.8 Å². The molecule has 18 heavy (non-hydrogen) atoms. The van der Waals surface area contributed by atoms with Crippen LogP contribution in [0.5, 0.6) is 0 Å². The van der Waals surface area contributed by atoms with Crippen LogP contribution in [0.4, 0.5) is 0 Å². The Labute approximate surface area is 114 Å². The number of amides is 1. The first-order valence-corrected chi connectivity index (χ1v) is 7.58. The summed E-state index contributed by atoms with van der Waals surface area (Å²) < 4.78 is 0. The van der Waals surface area contributed by atoms with Crippen molar-refractivity contribution in [2.75, 3.05) is 19.1 Å². The van der Waals surface area contributed by atoms with E-state index in [0.717, 1.165) is 23.3 Å². The van der Waals surface area contributed by atoms with Crippen molar-refractivity contribution in [3.05, 3.63) is 35.4 Å². The summed E-state index contributed by atoms with van der Waals surface area (Å²) in [7, 11) is 1.88. The van der Waals surface area contributed by atoms with Crippen LogP contribution < -0.4 is 5.73 Å². The van der Waals surface area contributed by atoms with Gasteiger partial charge in [-0.3, -0.25) is 4.79 Å². The number of carbonyl (C=O) groups is 1. The zero-order chi connectivity index (χ0) is 13.5. The van der Waals surface area contributed by atoms with Crippen molar-refractivity contribution in [2.45, 2.75) is 25.9 Å². The molecule has 1 aromatic rings. The number of hydrogen-bond acceptors (Lipinski definition) is 3. The van der Waals surface area contributed by atoms with Crippen molar-refractivity contribution in [1.82, 2.24) is 4.90 Å². The van der Waals surface area contributed by atoms with Gasteiger partial charge in [-0.05, 0) is 30.4 Å².